The molecule has 0 aliphatic heterocycles. The zero-order valence-corrected chi connectivity index (χ0v) is 16.7. The molecule has 0 amide bonds. The molecule has 4 heteroatoms. The van der Waals surface area contributed by atoms with Crippen LogP contribution in [0, 0.1) is 6.92 Å². The lowest BCUT2D eigenvalue weighted by atomic mass is 10.0. The number of nitrogens with one attached hydrogen (secondary N) is 1. The second-order valence-electron chi connectivity index (χ2n) is 6.72. The van der Waals surface area contributed by atoms with Crippen LogP contribution in [0.15, 0.2) is 66.7 Å². The Morgan fingerprint density at radius 3 is 2.41 bits per heavy atom. The van der Waals surface area contributed by atoms with E-state index in [4.69, 9.17) is 4.74 Å². The number of benzene rings is 3. The maximum Gasteiger partial charge on any atom is 0.127 e. The Hall–Kier alpha value is -2.07. The van der Waals surface area contributed by atoms with E-state index in [1.165, 1.54) is 11.1 Å². The molecule has 3 aromatic rings. The first kappa shape index (κ1) is 21.2. The molecule has 0 spiro atoms. The summed E-state index contributed by atoms with van der Waals surface area (Å²) in [6.07, 6.45) is 0.411. The number of hydrogen-bond acceptors (Lipinski definition) is 3. The van der Waals surface area contributed by atoms with Gasteiger partial charge in [0.25, 0.3) is 0 Å². The first-order valence-corrected chi connectivity index (χ1v) is 9.26. The fourth-order valence-electron chi connectivity index (χ4n) is 3.14. The third-order valence-electron chi connectivity index (χ3n) is 4.67. The van der Waals surface area contributed by atoms with Crippen molar-refractivity contribution in [2.24, 2.45) is 0 Å². The summed E-state index contributed by atoms with van der Waals surface area (Å²) < 4.78 is 5.88. The smallest absolute Gasteiger partial charge is 0.127 e. The highest BCUT2D eigenvalue weighted by molar-refractivity contribution is 5.88. The Morgan fingerprint density at radius 1 is 0.963 bits per heavy atom. The number of aryl methyl sites for hydroxylation is 1. The molecular weight excluding hydrogens is 358 g/mol. The van der Waals surface area contributed by atoms with E-state index < -0.39 is 6.10 Å². The fraction of sp³-hybridized carbons (Fsp3) is 0.304. The molecule has 0 heterocycles. The van der Waals surface area contributed by atoms with Crippen molar-refractivity contribution in [2.75, 3.05) is 13.2 Å². The molecule has 3 aromatic carbocycles. The highest BCUT2D eigenvalue weighted by Crippen LogP contribution is 2.25. The van der Waals surface area contributed by atoms with Crippen LogP contribution >= 0.6 is 12.4 Å². The van der Waals surface area contributed by atoms with Crippen molar-refractivity contribution in [2.45, 2.75) is 32.4 Å². The maximum atomic E-state index is 10.3. The van der Waals surface area contributed by atoms with Gasteiger partial charge in [-0.05, 0) is 30.4 Å². The third-order valence-corrected chi connectivity index (χ3v) is 4.67. The van der Waals surface area contributed by atoms with Gasteiger partial charge in [-0.25, -0.2) is 0 Å². The number of fused-ring (bicyclic) bond motifs is 1. The average molecular weight is 386 g/mol. The lowest BCUT2D eigenvalue weighted by Crippen LogP contribution is -2.33. The van der Waals surface area contributed by atoms with Gasteiger partial charge in [-0.2, -0.15) is 0 Å². The normalized spacial score (nSPS) is 13.0. The summed E-state index contributed by atoms with van der Waals surface area (Å²) in [6.45, 7) is 5.01. The third kappa shape index (κ3) is 5.70. The van der Waals surface area contributed by atoms with Crippen molar-refractivity contribution in [1.82, 2.24) is 5.32 Å². The molecule has 0 bridgehead atoms. The average Bonchev–Trinajstić information content (AvgIpc) is 2.68. The van der Waals surface area contributed by atoms with E-state index in [0.717, 1.165) is 22.9 Å². The van der Waals surface area contributed by atoms with Gasteiger partial charge in [0.2, 0.25) is 0 Å². The molecule has 3 nitrogen and oxygen atoms in total. The molecule has 0 aliphatic carbocycles. The lowest BCUT2D eigenvalue weighted by molar-refractivity contribution is 0.104. The number of aliphatic hydroxyl groups excluding tert-OH is 1. The Labute approximate surface area is 167 Å². The van der Waals surface area contributed by atoms with Crippen molar-refractivity contribution in [3.8, 4) is 5.75 Å². The SMILES string of the molecule is CCC(NCC(O)COc1cccc2ccccc12)c1ccc(C)cc1.Cl. The molecule has 2 N–H and O–H groups in total. The van der Waals surface area contributed by atoms with Gasteiger partial charge in [0.05, 0.1) is 0 Å². The van der Waals surface area contributed by atoms with E-state index in [0.29, 0.717) is 6.54 Å². The van der Waals surface area contributed by atoms with Crippen LogP contribution in [-0.4, -0.2) is 24.4 Å². The second-order valence-corrected chi connectivity index (χ2v) is 6.72. The first-order chi connectivity index (χ1) is 12.7. The Balaban J connectivity index is 0.00000261. The topological polar surface area (TPSA) is 41.5 Å². The van der Waals surface area contributed by atoms with Crippen LogP contribution in [0.3, 0.4) is 0 Å². The molecule has 0 saturated carbocycles. The minimum Gasteiger partial charge on any atom is -0.490 e. The van der Waals surface area contributed by atoms with Gasteiger partial charge in [0.15, 0.2) is 0 Å². The van der Waals surface area contributed by atoms with Crippen molar-refractivity contribution < 1.29 is 9.84 Å². The van der Waals surface area contributed by atoms with Gasteiger partial charge in [-0.1, -0.05) is 73.2 Å². The number of aliphatic hydroxyl groups is 1. The summed E-state index contributed by atoms with van der Waals surface area (Å²) in [7, 11) is 0. The Bertz CT molecular complexity index is 830. The minimum absolute atomic E-state index is 0. The first-order valence-electron chi connectivity index (χ1n) is 9.26. The quantitative estimate of drug-likeness (QED) is 0.570. The van der Waals surface area contributed by atoms with Crippen LogP contribution < -0.4 is 10.1 Å². The lowest BCUT2D eigenvalue weighted by Gasteiger charge is -2.20. The van der Waals surface area contributed by atoms with Gasteiger partial charge in [0.1, 0.15) is 18.5 Å². The number of rotatable bonds is 8. The summed E-state index contributed by atoms with van der Waals surface area (Å²) in [4.78, 5) is 0. The molecular formula is C23H28ClNO2. The minimum atomic E-state index is -0.562. The van der Waals surface area contributed by atoms with E-state index in [-0.39, 0.29) is 25.1 Å². The zero-order valence-electron chi connectivity index (χ0n) is 15.9. The second kappa shape index (κ2) is 10.3. The largest absolute Gasteiger partial charge is 0.490 e. The van der Waals surface area contributed by atoms with Crippen LogP contribution in [0.5, 0.6) is 5.75 Å². The molecule has 0 aliphatic rings. The van der Waals surface area contributed by atoms with Gasteiger partial charge < -0.3 is 15.2 Å². The number of halogens is 1. The van der Waals surface area contributed by atoms with E-state index >= 15 is 0 Å². The summed E-state index contributed by atoms with van der Waals surface area (Å²) in [6, 6.07) is 22.9. The standard InChI is InChI=1S/C23H27NO2.ClH/c1-3-22(19-13-11-17(2)12-14-19)24-15-20(25)16-26-23-10-6-8-18-7-4-5-9-21(18)23;/h4-14,20,22,24-25H,3,15-16H2,1-2H3;1H. The van der Waals surface area contributed by atoms with Crippen molar-refractivity contribution in [3.05, 3.63) is 77.9 Å². The van der Waals surface area contributed by atoms with Gasteiger partial charge in [-0.3, -0.25) is 0 Å². The van der Waals surface area contributed by atoms with Gasteiger partial charge in [-0.15, -0.1) is 12.4 Å². The highest BCUT2D eigenvalue weighted by Gasteiger charge is 2.12. The Kier molecular flexibility index (Phi) is 8.11. The number of ether oxygens (including phenoxy) is 1. The predicted octanol–water partition coefficient (Wildman–Crippen LogP) is 5.05. The summed E-state index contributed by atoms with van der Waals surface area (Å²) in [5.41, 5.74) is 2.51. The van der Waals surface area contributed by atoms with Crippen LogP contribution in [0.4, 0.5) is 0 Å². The van der Waals surface area contributed by atoms with Gasteiger partial charge in [0, 0.05) is 18.0 Å². The molecule has 2 atom stereocenters. The zero-order chi connectivity index (χ0) is 18.4. The van der Waals surface area contributed by atoms with Crippen LogP contribution in [0.2, 0.25) is 0 Å². The highest BCUT2D eigenvalue weighted by atomic mass is 35.5. The molecule has 0 radical (unpaired) electrons. The van der Waals surface area contributed by atoms with Crippen molar-refractivity contribution in [3.63, 3.8) is 0 Å². The Morgan fingerprint density at radius 2 is 1.67 bits per heavy atom. The maximum absolute atomic E-state index is 10.3. The van der Waals surface area contributed by atoms with Crippen molar-refractivity contribution >= 4 is 23.2 Å². The monoisotopic (exact) mass is 385 g/mol. The molecule has 2 unspecified atom stereocenters. The van der Waals surface area contributed by atoms with Gasteiger partial charge >= 0.3 is 0 Å². The molecule has 0 saturated heterocycles. The van der Waals surface area contributed by atoms with Crippen LogP contribution in [-0.2, 0) is 0 Å². The van der Waals surface area contributed by atoms with E-state index in [1.807, 2.05) is 30.3 Å². The fourth-order valence-corrected chi connectivity index (χ4v) is 3.14. The molecule has 144 valence electrons. The van der Waals surface area contributed by atoms with E-state index in [1.54, 1.807) is 0 Å². The van der Waals surface area contributed by atoms with Crippen LogP contribution in [0.1, 0.15) is 30.5 Å². The molecule has 0 fully saturated rings. The van der Waals surface area contributed by atoms with Crippen LogP contribution in [0.25, 0.3) is 10.8 Å². The summed E-state index contributed by atoms with van der Waals surface area (Å²) in [5, 5.41) is 16.0. The molecule has 3 rings (SSSR count). The summed E-state index contributed by atoms with van der Waals surface area (Å²) >= 11 is 0. The number of hydrogen-bond donors (Lipinski definition) is 2. The van der Waals surface area contributed by atoms with Crippen molar-refractivity contribution in [1.29, 1.82) is 0 Å². The molecule has 27 heavy (non-hydrogen) atoms. The predicted molar refractivity (Wildman–Crippen MR) is 115 cm³/mol. The summed E-state index contributed by atoms with van der Waals surface area (Å²) in [5.74, 6) is 0.813. The van der Waals surface area contributed by atoms with E-state index in [9.17, 15) is 5.11 Å². The van der Waals surface area contributed by atoms with E-state index in [2.05, 4.69) is 55.6 Å². The molecule has 0 aromatic heterocycles.